The first-order valence-corrected chi connectivity index (χ1v) is 7.38. The van der Waals surface area contributed by atoms with Gasteiger partial charge in [0.15, 0.2) is 0 Å². The van der Waals surface area contributed by atoms with Crippen LogP contribution in [0.15, 0.2) is 18.2 Å². The Kier molecular flexibility index (Phi) is 5.35. The van der Waals surface area contributed by atoms with Gasteiger partial charge in [0.2, 0.25) is 5.91 Å². The summed E-state index contributed by atoms with van der Waals surface area (Å²) in [6.45, 7) is 1.05. The lowest BCUT2D eigenvalue weighted by atomic mass is 9.79. The van der Waals surface area contributed by atoms with Gasteiger partial charge in [0.1, 0.15) is 0 Å². The number of methoxy groups -OCH3 is 1. The molecule has 1 fully saturated rings. The summed E-state index contributed by atoms with van der Waals surface area (Å²) in [7, 11) is 1.19. The minimum atomic E-state index is -0.784. The number of rotatable bonds is 6. The number of hydrogen-bond donors (Lipinski definition) is 2. The highest BCUT2D eigenvalue weighted by Gasteiger charge is 2.38. The SMILES string of the molecule is COC(=O)c1cc([N+](=O)[O-])ccc1NCC1(C(N)=O)CCOCC1. The van der Waals surface area contributed by atoms with E-state index in [0.29, 0.717) is 31.7 Å². The van der Waals surface area contributed by atoms with Crippen LogP contribution in [0.4, 0.5) is 11.4 Å². The van der Waals surface area contributed by atoms with Gasteiger partial charge in [-0.05, 0) is 18.9 Å². The number of carbonyl (C=O) groups is 2. The van der Waals surface area contributed by atoms with Crippen molar-refractivity contribution in [3.8, 4) is 0 Å². The van der Waals surface area contributed by atoms with Crippen molar-refractivity contribution in [3.05, 3.63) is 33.9 Å². The Morgan fingerprint density at radius 3 is 2.62 bits per heavy atom. The number of esters is 1. The molecular formula is C15H19N3O6. The first kappa shape index (κ1) is 17.7. The van der Waals surface area contributed by atoms with Crippen molar-refractivity contribution in [3.63, 3.8) is 0 Å². The van der Waals surface area contributed by atoms with Crippen LogP contribution in [0.1, 0.15) is 23.2 Å². The second kappa shape index (κ2) is 7.26. The van der Waals surface area contributed by atoms with Gasteiger partial charge in [-0.3, -0.25) is 14.9 Å². The molecule has 0 unspecified atom stereocenters. The van der Waals surface area contributed by atoms with Crippen LogP contribution in [0.2, 0.25) is 0 Å². The summed E-state index contributed by atoms with van der Waals surface area (Å²) in [5, 5.41) is 13.9. The van der Waals surface area contributed by atoms with Crippen molar-refractivity contribution >= 4 is 23.3 Å². The van der Waals surface area contributed by atoms with E-state index in [9.17, 15) is 19.7 Å². The molecule has 1 saturated heterocycles. The highest BCUT2D eigenvalue weighted by molar-refractivity contribution is 5.96. The van der Waals surface area contributed by atoms with E-state index in [2.05, 4.69) is 10.1 Å². The van der Waals surface area contributed by atoms with Gasteiger partial charge in [-0.2, -0.15) is 0 Å². The van der Waals surface area contributed by atoms with E-state index in [1.54, 1.807) is 0 Å². The van der Waals surface area contributed by atoms with E-state index >= 15 is 0 Å². The largest absolute Gasteiger partial charge is 0.465 e. The van der Waals surface area contributed by atoms with Crippen LogP contribution in [0.3, 0.4) is 0 Å². The molecule has 0 bridgehead atoms. The van der Waals surface area contributed by atoms with Gasteiger partial charge in [-0.25, -0.2) is 4.79 Å². The minimum absolute atomic E-state index is 0.0263. The van der Waals surface area contributed by atoms with Crippen LogP contribution in [0.5, 0.6) is 0 Å². The average Bonchev–Trinajstić information content (AvgIpc) is 2.59. The second-order valence-corrected chi connectivity index (χ2v) is 5.59. The number of nitro groups is 1. The number of carbonyl (C=O) groups excluding carboxylic acids is 2. The molecule has 3 N–H and O–H groups in total. The monoisotopic (exact) mass is 337 g/mol. The number of amides is 1. The molecule has 1 aliphatic heterocycles. The Hall–Kier alpha value is -2.68. The fourth-order valence-corrected chi connectivity index (χ4v) is 2.62. The van der Waals surface area contributed by atoms with Gasteiger partial charge < -0.3 is 20.5 Å². The highest BCUT2D eigenvalue weighted by atomic mass is 16.6. The number of primary amides is 1. The van der Waals surface area contributed by atoms with Crippen LogP contribution < -0.4 is 11.1 Å². The van der Waals surface area contributed by atoms with E-state index in [1.165, 1.54) is 19.2 Å². The van der Waals surface area contributed by atoms with E-state index in [-0.39, 0.29) is 17.8 Å². The van der Waals surface area contributed by atoms with Gasteiger partial charge in [-0.1, -0.05) is 0 Å². The first-order chi connectivity index (χ1) is 11.4. The Morgan fingerprint density at radius 1 is 1.42 bits per heavy atom. The van der Waals surface area contributed by atoms with Gasteiger partial charge in [0.05, 0.1) is 23.0 Å². The molecule has 130 valence electrons. The van der Waals surface area contributed by atoms with E-state index < -0.39 is 22.2 Å². The third-order valence-electron chi connectivity index (χ3n) is 4.21. The van der Waals surface area contributed by atoms with Crippen LogP contribution in [-0.4, -0.2) is 43.7 Å². The smallest absolute Gasteiger partial charge is 0.340 e. The summed E-state index contributed by atoms with van der Waals surface area (Å²) in [6.07, 6.45) is 0.936. The van der Waals surface area contributed by atoms with Crippen molar-refractivity contribution < 1.29 is 24.0 Å². The standard InChI is InChI=1S/C15H19N3O6/c1-23-13(19)11-8-10(18(21)22)2-3-12(11)17-9-15(14(16)20)4-6-24-7-5-15/h2-3,8,17H,4-7,9H2,1H3,(H2,16,20). The summed E-state index contributed by atoms with van der Waals surface area (Å²) >= 11 is 0. The molecule has 0 spiro atoms. The summed E-state index contributed by atoms with van der Waals surface area (Å²) in [4.78, 5) is 34.0. The Labute approximate surface area is 138 Å². The summed E-state index contributed by atoms with van der Waals surface area (Å²) in [6, 6.07) is 3.82. The number of anilines is 1. The number of hydrogen-bond acceptors (Lipinski definition) is 7. The molecule has 0 atom stereocenters. The number of benzene rings is 1. The number of nitrogens with zero attached hydrogens (tertiary/aromatic N) is 1. The molecule has 1 heterocycles. The molecule has 0 saturated carbocycles. The van der Waals surface area contributed by atoms with Crippen molar-refractivity contribution in [2.24, 2.45) is 11.1 Å². The first-order valence-electron chi connectivity index (χ1n) is 7.38. The molecule has 9 nitrogen and oxygen atoms in total. The minimum Gasteiger partial charge on any atom is -0.465 e. The number of nitro benzene ring substituents is 1. The maximum Gasteiger partial charge on any atom is 0.340 e. The molecule has 1 aromatic rings. The van der Waals surface area contributed by atoms with Gasteiger partial charge >= 0.3 is 5.97 Å². The predicted molar refractivity (Wildman–Crippen MR) is 84.6 cm³/mol. The van der Waals surface area contributed by atoms with Crippen LogP contribution in [0, 0.1) is 15.5 Å². The molecule has 24 heavy (non-hydrogen) atoms. The molecule has 1 amide bonds. The molecule has 0 aromatic heterocycles. The third-order valence-corrected chi connectivity index (χ3v) is 4.21. The van der Waals surface area contributed by atoms with E-state index in [0.717, 1.165) is 6.07 Å². The molecular weight excluding hydrogens is 318 g/mol. The Balaban J connectivity index is 2.26. The lowest BCUT2D eigenvalue weighted by Gasteiger charge is -2.34. The number of non-ortho nitro benzene ring substituents is 1. The summed E-state index contributed by atoms with van der Waals surface area (Å²) in [5.74, 6) is -1.15. The van der Waals surface area contributed by atoms with Crippen LogP contribution in [-0.2, 0) is 14.3 Å². The van der Waals surface area contributed by atoms with Crippen molar-refractivity contribution in [1.29, 1.82) is 0 Å². The third kappa shape index (κ3) is 3.62. The average molecular weight is 337 g/mol. The van der Waals surface area contributed by atoms with Crippen molar-refractivity contribution in [1.82, 2.24) is 0 Å². The topological polar surface area (TPSA) is 134 Å². The fraction of sp³-hybridized carbons (Fsp3) is 0.467. The zero-order valence-electron chi connectivity index (χ0n) is 13.2. The summed E-state index contributed by atoms with van der Waals surface area (Å²) in [5.41, 5.74) is 4.90. The fourth-order valence-electron chi connectivity index (χ4n) is 2.62. The predicted octanol–water partition coefficient (Wildman–Crippen LogP) is 1.08. The maximum absolute atomic E-state index is 11.9. The normalized spacial score (nSPS) is 16.2. The van der Waals surface area contributed by atoms with E-state index in [1.807, 2.05) is 0 Å². The molecule has 0 radical (unpaired) electrons. The molecule has 1 aromatic carbocycles. The van der Waals surface area contributed by atoms with Gasteiger partial charge in [0, 0.05) is 37.6 Å². The zero-order chi connectivity index (χ0) is 17.7. The number of ether oxygens (including phenoxy) is 2. The summed E-state index contributed by atoms with van der Waals surface area (Å²) < 4.78 is 9.93. The Morgan fingerprint density at radius 2 is 2.08 bits per heavy atom. The molecule has 9 heteroatoms. The van der Waals surface area contributed by atoms with Crippen molar-refractivity contribution in [2.45, 2.75) is 12.8 Å². The van der Waals surface area contributed by atoms with Crippen LogP contribution >= 0.6 is 0 Å². The van der Waals surface area contributed by atoms with Gasteiger partial charge in [-0.15, -0.1) is 0 Å². The quantitative estimate of drug-likeness (QED) is 0.450. The molecule has 2 rings (SSSR count). The highest BCUT2D eigenvalue weighted by Crippen LogP contribution is 2.32. The Bertz CT molecular complexity index is 655. The van der Waals surface area contributed by atoms with Gasteiger partial charge in [0.25, 0.3) is 5.69 Å². The molecule has 0 aliphatic carbocycles. The number of nitrogens with one attached hydrogen (secondary N) is 1. The number of nitrogens with two attached hydrogens (primary N) is 1. The zero-order valence-corrected chi connectivity index (χ0v) is 13.2. The second-order valence-electron chi connectivity index (χ2n) is 5.59. The lowest BCUT2D eigenvalue weighted by Crippen LogP contribution is -2.46. The van der Waals surface area contributed by atoms with Crippen LogP contribution in [0.25, 0.3) is 0 Å². The molecule has 1 aliphatic rings. The van der Waals surface area contributed by atoms with Crippen molar-refractivity contribution in [2.75, 3.05) is 32.2 Å². The van der Waals surface area contributed by atoms with E-state index in [4.69, 9.17) is 10.5 Å². The lowest BCUT2D eigenvalue weighted by molar-refractivity contribution is -0.384. The maximum atomic E-state index is 11.9.